The molecule has 158 valence electrons. The second kappa shape index (κ2) is 7.08. The summed E-state index contributed by atoms with van der Waals surface area (Å²) < 4.78 is 20.8. The molecule has 1 aromatic heterocycles. The fourth-order valence-electron chi connectivity index (χ4n) is 4.71. The molecule has 2 aliphatic heterocycles. The van der Waals surface area contributed by atoms with Gasteiger partial charge in [0, 0.05) is 41.2 Å². The normalized spacial score (nSPS) is 20.2. The first-order valence-corrected chi connectivity index (χ1v) is 10.4. The standard InChI is InChI=1S/C25H23FN2O3/c1-25(2)14-15(29)13-21(31-25)24(30)28-12-11-17-16-7-4-6-10-20(16)27-22(17)23(28)18-8-3-5-9-19(18)26/h3-10,13,23,27H,11-12,14H2,1-2H3. The van der Waals surface area contributed by atoms with E-state index in [9.17, 15) is 14.0 Å². The van der Waals surface area contributed by atoms with Crippen LogP contribution in [0.4, 0.5) is 4.39 Å². The summed E-state index contributed by atoms with van der Waals surface area (Å²) >= 11 is 0. The molecule has 2 aromatic carbocycles. The van der Waals surface area contributed by atoms with E-state index < -0.39 is 17.6 Å². The van der Waals surface area contributed by atoms with Crippen molar-refractivity contribution in [2.45, 2.75) is 38.3 Å². The molecule has 1 unspecified atom stereocenters. The third kappa shape index (κ3) is 3.32. The molecule has 0 fully saturated rings. The lowest BCUT2D eigenvalue weighted by Crippen LogP contribution is -2.44. The van der Waals surface area contributed by atoms with Gasteiger partial charge in [-0.2, -0.15) is 0 Å². The number of fused-ring (bicyclic) bond motifs is 3. The lowest BCUT2D eigenvalue weighted by atomic mass is 9.91. The number of hydrogen-bond acceptors (Lipinski definition) is 3. The van der Waals surface area contributed by atoms with Crippen molar-refractivity contribution in [3.05, 3.63) is 83.0 Å². The summed E-state index contributed by atoms with van der Waals surface area (Å²) in [5.41, 5.74) is 2.49. The minimum absolute atomic E-state index is 0.0159. The summed E-state index contributed by atoms with van der Waals surface area (Å²) in [4.78, 5) is 30.8. The van der Waals surface area contributed by atoms with Gasteiger partial charge >= 0.3 is 0 Å². The van der Waals surface area contributed by atoms with E-state index in [4.69, 9.17) is 4.74 Å². The fourth-order valence-corrected chi connectivity index (χ4v) is 4.71. The number of carbonyl (C=O) groups excluding carboxylic acids is 2. The third-order valence-corrected chi connectivity index (χ3v) is 5.98. The molecule has 3 aromatic rings. The molecule has 0 bridgehead atoms. The molecule has 3 heterocycles. The zero-order valence-electron chi connectivity index (χ0n) is 17.4. The van der Waals surface area contributed by atoms with Crippen LogP contribution in [0.3, 0.4) is 0 Å². The molecular weight excluding hydrogens is 395 g/mol. The second-order valence-corrected chi connectivity index (χ2v) is 8.75. The van der Waals surface area contributed by atoms with Crippen LogP contribution < -0.4 is 0 Å². The van der Waals surface area contributed by atoms with Crippen LogP contribution in [0.25, 0.3) is 10.9 Å². The topological polar surface area (TPSA) is 62.4 Å². The van der Waals surface area contributed by atoms with Gasteiger partial charge in [-0.1, -0.05) is 36.4 Å². The van der Waals surface area contributed by atoms with Gasteiger partial charge in [0.25, 0.3) is 5.91 Å². The third-order valence-electron chi connectivity index (χ3n) is 5.98. The molecule has 0 spiro atoms. The maximum atomic E-state index is 14.9. The Morgan fingerprint density at radius 1 is 1.16 bits per heavy atom. The van der Waals surface area contributed by atoms with E-state index in [-0.39, 0.29) is 23.8 Å². The SMILES string of the molecule is CC1(C)CC(=O)C=C(C(=O)N2CCc3c([nH]c4ccccc34)C2c2ccccc2F)O1. The van der Waals surface area contributed by atoms with Crippen molar-refractivity contribution in [2.75, 3.05) is 6.54 Å². The van der Waals surface area contributed by atoms with Crippen LogP contribution in [0.1, 0.15) is 43.1 Å². The molecule has 1 amide bonds. The predicted molar refractivity (Wildman–Crippen MR) is 115 cm³/mol. The van der Waals surface area contributed by atoms with Gasteiger partial charge in [0.2, 0.25) is 0 Å². The lowest BCUT2D eigenvalue weighted by Gasteiger charge is -2.38. The Balaban J connectivity index is 1.64. The number of allylic oxidation sites excluding steroid dienone is 1. The number of aromatic amines is 1. The molecule has 2 aliphatic rings. The highest BCUT2D eigenvalue weighted by molar-refractivity contribution is 6.02. The van der Waals surface area contributed by atoms with E-state index in [0.29, 0.717) is 18.5 Å². The number of nitrogens with one attached hydrogen (secondary N) is 1. The number of hydrogen-bond donors (Lipinski definition) is 1. The van der Waals surface area contributed by atoms with E-state index in [2.05, 4.69) is 4.98 Å². The number of amides is 1. The van der Waals surface area contributed by atoms with Crippen molar-refractivity contribution in [1.29, 1.82) is 0 Å². The number of ketones is 1. The number of aromatic nitrogens is 1. The summed E-state index contributed by atoms with van der Waals surface area (Å²) in [7, 11) is 0. The number of ether oxygens (including phenoxy) is 1. The number of benzene rings is 2. The molecular formula is C25H23FN2O3. The van der Waals surface area contributed by atoms with Crippen LogP contribution >= 0.6 is 0 Å². The van der Waals surface area contributed by atoms with Gasteiger partial charge in [0.15, 0.2) is 11.5 Å². The number of para-hydroxylation sites is 1. The van der Waals surface area contributed by atoms with E-state index in [1.807, 2.05) is 24.3 Å². The Labute approximate surface area is 179 Å². The molecule has 0 saturated carbocycles. The van der Waals surface area contributed by atoms with Crippen LogP contribution in [-0.4, -0.2) is 33.7 Å². The maximum absolute atomic E-state index is 14.9. The number of H-pyrrole nitrogens is 1. The monoisotopic (exact) mass is 418 g/mol. The first-order valence-electron chi connectivity index (χ1n) is 10.4. The molecule has 5 nitrogen and oxygen atoms in total. The van der Waals surface area contributed by atoms with Gasteiger partial charge in [0.05, 0.1) is 0 Å². The molecule has 0 aliphatic carbocycles. The summed E-state index contributed by atoms with van der Waals surface area (Å²) in [5.74, 6) is -0.919. The maximum Gasteiger partial charge on any atom is 0.289 e. The molecule has 6 heteroatoms. The number of rotatable bonds is 2. The molecule has 0 saturated heterocycles. The number of nitrogens with zero attached hydrogens (tertiary/aromatic N) is 1. The Bertz CT molecular complexity index is 1240. The molecule has 5 rings (SSSR count). The predicted octanol–water partition coefficient (Wildman–Crippen LogP) is 4.43. The first-order chi connectivity index (χ1) is 14.8. The lowest BCUT2D eigenvalue weighted by molar-refractivity contribution is -0.139. The number of halogens is 1. The van der Waals surface area contributed by atoms with Crippen LogP contribution in [-0.2, 0) is 20.7 Å². The van der Waals surface area contributed by atoms with Gasteiger partial charge in [-0.3, -0.25) is 9.59 Å². The van der Waals surface area contributed by atoms with E-state index in [1.54, 1.807) is 36.9 Å². The van der Waals surface area contributed by atoms with Gasteiger partial charge in [-0.25, -0.2) is 4.39 Å². The smallest absolute Gasteiger partial charge is 0.289 e. The van der Waals surface area contributed by atoms with Crippen molar-refractivity contribution in [2.24, 2.45) is 0 Å². The number of carbonyl (C=O) groups is 2. The minimum atomic E-state index is -0.758. The van der Waals surface area contributed by atoms with Crippen LogP contribution in [0.5, 0.6) is 0 Å². The average Bonchev–Trinajstić information content (AvgIpc) is 3.10. The van der Waals surface area contributed by atoms with Crippen molar-refractivity contribution < 1.29 is 18.7 Å². The summed E-state index contributed by atoms with van der Waals surface area (Å²) in [6.07, 6.45) is 2.11. The highest BCUT2D eigenvalue weighted by atomic mass is 19.1. The average molecular weight is 418 g/mol. The van der Waals surface area contributed by atoms with E-state index in [0.717, 1.165) is 22.2 Å². The highest BCUT2D eigenvalue weighted by Crippen LogP contribution is 2.40. The molecule has 1 N–H and O–H groups in total. The van der Waals surface area contributed by atoms with Crippen LogP contribution in [0, 0.1) is 5.82 Å². The first kappa shape index (κ1) is 19.5. The molecule has 0 radical (unpaired) electrons. The fraction of sp³-hybridized carbons (Fsp3) is 0.280. The van der Waals surface area contributed by atoms with Gasteiger partial charge in [0.1, 0.15) is 17.5 Å². The summed E-state index contributed by atoms with van der Waals surface area (Å²) in [6, 6.07) is 13.8. The minimum Gasteiger partial charge on any atom is -0.481 e. The van der Waals surface area contributed by atoms with Crippen LogP contribution in [0.2, 0.25) is 0 Å². The Morgan fingerprint density at radius 2 is 1.90 bits per heavy atom. The Morgan fingerprint density at radius 3 is 2.68 bits per heavy atom. The Kier molecular flexibility index (Phi) is 4.46. The summed E-state index contributed by atoms with van der Waals surface area (Å²) in [5, 5.41) is 1.08. The van der Waals surface area contributed by atoms with Gasteiger partial charge in [-0.05, 0) is 38.0 Å². The zero-order chi connectivity index (χ0) is 21.8. The van der Waals surface area contributed by atoms with Crippen molar-refractivity contribution in [3.8, 4) is 0 Å². The van der Waals surface area contributed by atoms with Crippen LogP contribution in [0.15, 0.2) is 60.4 Å². The summed E-state index contributed by atoms with van der Waals surface area (Å²) in [6.45, 7) is 3.96. The highest BCUT2D eigenvalue weighted by Gasteiger charge is 2.40. The Hall–Kier alpha value is -3.41. The van der Waals surface area contributed by atoms with Crippen molar-refractivity contribution in [3.63, 3.8) is 0 Å². The van der Waals surface area contributed by atoms with Gasteiger partial charge < -0.3 is 14.6 Å². The second-order valence-electron chi connectivity index (χ2n) is 8.75. The zero-order valence-corrected chi connectivity index (χ0v) is 17.4. The quantitative estimate of drug-likeness (QED) is 0.670. The largest absolute Gasteiger partial charge is 0.481 e. The van der Waals surface area contributed by atoms with E-state index in [1.165, 1.54) is 12.1 Å². The van der Waals surface area contributed by atoms with Crippen molar-refractivity contribution >= 4 is 22.6 Å². The van der Waals surface area contributed by atoms with Crippen molar-refractivity contribution in [1.82, 2.24) is 9.88 Å². The molecule has 31 heavy (non-hydrogen) atoms. The van der Waals surface area contributed by atoms with E-state index >= 15 is 0 Å². The van der Waals surface area contributed by atoms with Gasteiger partial charge in [-0.15, -0.1) is 0 Å². The molecule has 1 atom stereocenters.